The Balaban J connectivity index is 2.06. The zero-order chi connectivity index (χ0) is 14.1. The van der Waals surface area contributed by atoms with Crippen molar-refractivity contribution in [3.8, 4) is 0 Å². The molecular formula is C11H19N3O5. The molecule has 19 heavy (non-hydrogen) atoms. The van der Waals surface area contributed by atoms with Crippen LogP contribution in [-0.4, -0.2) is 61.8 Å². The second-order valence-corrected chi connectivity index (χ2v) is 4.21. The quantitative estimate of drug-likeness (QED) is 0.429. The van der Waals surface area contributed by atoms with Gasteiger partial charge in [-0.25, -0.2) is 0 Å². The van der Waals surface area contributed by atoms with E-state index in [1.165, 1.54) is 0 Å². The molecule has 2 amide bonds. The molecule has 0 radical (unpaired) electrons. The zero-order valence-electron chi connectivity index (χ0n) is 10.6. The molecule has 4 N–H and O–H groups in total. The highest BCUT2D eigenvalue weighted by Crippen LogP contribution is 2.06. The Morgan fingerprint density at radius 1 is 1.11 bits per heavy atom. The number of ether oxygens (including phenoxy) is 1. The molecule has 108 valence electrons. The molecule has 8 heteroatoms. The fourth-order valence-electron chi connectivity index (χ4n) is 1.62. The highest BCUT2D eigenvalue weighted by molar-refractivity contribution is 5.86. The lowest BCUT2D eigenvalue weighted by atomic mass is 10.1. The number of amides is 2. The Morgan fingerprint density at radius 2 is 1.74 bits per heavy atom. The molecule has 1 rings (SSSR count). The Hall–Kier alpha value is -1.67. The second-order valence-electron chi connectivity index (χ2n) is 4.21. The van der Waals surface area contributed by atoms with Gasteiger partial charge in [0.05, 0.1) is 12.6 Å². The molecule has 1 aliphatic heterocycles. The smallest absolute Gasteiger partial charge is 0.322 e. The Labute approximate surface area is 110 Å². The van der Waals surface area contributed by atoms with Crippen molar-refractivity contribution in [1.29, 1.82) is 0 Å². The van der Waals surface area contributed by atoms with Crippen LogP contribution in [0.1, 0.15) is 12.8 Å². The average Bonchev–Trinajstić information content (AvgIpc) is 2.41. The van der Waals surface area contributed by atoms with Crippen molar-refractivity contribution in [3.63, 3.8) is 0 Å². The van der Waals surface area contributed by atoms with Gasteiger partial charge in [0.15, 0.2) is 0 Å². The molecule has 0 unspecified atom stereocenters. The minimum atomic E-state index is -1.13. The topological polar surface area (TPSA) is 117 Å². The number of hydrogen-bond donors (Lipinski definition) is 4. The van der Waals surface area contributed by atoms with Gasteiger partial charge in [-0.2, -0.15) is 0 Å². The summed E-state index contributed by atoms with van der Waals surface area (Å²) in [7, 11) is 0. The van der Waals surface area contributed by atoms with Crippen LogP contribution in [0.2, 0.25) is 0 Å². The first kappa shape index (κ1) is 15.4. The molecule has 0 atom stereocenters. The van der Waals surface area contributed by atoms with Gasteiger partial charge < -0.3 is 25.8 Å². The summed E-state index contributed by atoms with van der Waals surface area (Å²) in [6.07, 6.45) is 1.81. The predicted molar refractivity (Wildman–Crippen MR) is 65.5 cm³/mol. The summed E-state index contributed by atoms with van der Waals surface area (Å²) >= 11 is 0. The molecule has 1 heterocycles. The van der Waals surface area contributed by atoms with Crippen LogP contribution in [0.5, 0.6) is 0 Å². The summed E-state index contributed by atoms with van der Waals surface area (Å²) in [5.41, 5.74) is 0. The molecule has 0 aliphatic carbocycles. The van der Waals surface area contributed by atoms with Gasteiger partial charge in [0.25, 0.3) is 0 Å². The fourth-order valence-corrected chi connectivity index (χ4v) is 1.62. The largest absolute Gasteiger partial charge is 0.480 e. The highest BCUT2D eigenvalue weighted by atomic mass is 16.5. The minimum Gasteiger partial charge on any atom is -0.480 e. The zero-order valence-corrected chi connectivity index (χ0v) is 10.6. The van der Waals surface area contributed by atoms with Crippen LogP contribution in [-0.2, 0) is 19.1 Å². The Kier molecular flexibility index (Phi) is 6.83. The van der Waals surface area contributed by atoms with E-state index < -0.39 is 18.4 Å². The van der Waals surface area contributed by atoms with Crippen molar-refractivity contribution in [3.05, 3.63) is 0 Å². The van der Waals surface area contributed by atoms with Gasteiger partial charge in [0, 0.05) is 0 Å². The highest BCUT2D eigenvalue weighted by Gasteiger charge is 2.15. The summed E-state index contributed by atoms with van der Waals surface area (Å²) in [5.74, 6) is -2.06. The van der Waals surface area contributed by atoms with E-state index in [2.05, 4.69) is 16.0 Å². The maximum absolute atomic E-state index is 11.4. The van der Waals surface area contributed by atoms with Gasteiger partial charge in [-0.15, -0.1) is 0 Å². The summed E-state index contributed by atoms with van der Waals surface area (Å²) in [5, 5.41) is 16.0. The molecule has 8 nitrogen and oxygen atoms in total. The first-order chi connectivity index (χ1) is 9.08. The average molecular weight is 273 g/mol. The van der Waals surface area contributed by atoms with Crippen LogP contribution in [0.15, 0.2) is 0 Å². The molecule has 1 aliphatic rings. The van der Waals surface area contributed by atoms with E-state index in [0.29, 0.717) is 0 Å². The predicted octanol–water partition coefficient (Wildman–Crippen LogP) is -1.93. The van der Waals surface area contributed by atoms with E-state index in [0.717, 1.165) is 25.9 Å². The number of carbonyl (C=O) groups is 3. The van der Waals surface area contributed by atoms with Crippen molar-refractivity contribution in [2.24, 2.45) is 0 Å². The Bertz CT molecular complexity index is 328. The molecule has 1 saturated heterocycles. The summed E-state index contributed by atoms with van der Waals surface area (Å²) in [6.45, 7) is 0.965. The van der Waals surface area contributed by atoms with Crippen molar-refractivity contribution in [2.75, 3.05) is 32.8 Å². The Morgan fingerprint density at radius 3 is 2.37 bits per heavy atom. The van der Waals surface area contributed by atoms with Gasteiger partial charge in [0.1, 0.15) is 13.2 Å². The number of rotatable bonds is 7. The third-order valence-electron chi connectivity index (χ3n) is 2.62. The van der Waals surface area contributed by atoms with Gasteiger partial charge in [-0.3, -0.25) is 14.4 Å². The van der Waals surface area contributed by atoms with Gasteiger partial charge >= 0.3 is 5.97 Å². The molecule has 0 saturated carbocycles. The van der Waals surface area contributed by atoms with Crippen LogP contribution in [0.3, 0.4) is 0 Å². The normalized spacial score (nSPS) is 15.8. The first-order valence-corrected chi connectivity index (χ1v) is 6.15. The molecule has 0 spiro atoms. The lowest BCUT2D eigenvalue weighted by Crippen LogP contribution is -2.41. The van der Waals surface area contributed by atoms with Crippen LogP contribution in [0, 0.1) is 0 Å². The standard InChI is InChI=1S/C11H19N3O5/c15-9(14-6-11(17)18)5-13-10(16)7-19-8-1-3-12-4-2-8/h8,12H,1-7H2,(H,13,16)(H,14,15)(H,17,18). The monoisotopic (exact) mass is 273 g/mol. The number of carbonyl (C=O) groups excluding carboxylic acids is 2. The first-order valence-electron chi connectivity index (χ1n) is 6.15. The van der Waals surface area contributed by atoms with Crippen LogP contribution >= 0.6 is 0 Å². The van der Waals surface area contributed by atoms with E-state index in [9.17, 15) is 14.4 Å². The van der Waals surface area contributed by atoms with E-state index >= 15 is 0 Å². The summed E-state index contributed by atoms with van der Waals surface area (Å²) in [6, 6.07) is 0. The lowest BCUT2D eigenvalue weighted by Gasteiger charge is -2.22. The van der Waals surface area contributed by atoms with Crippen LogP contribution in [0.25, 0.3) is 0 Å². The molecule has 0 bridgehead atoms. The fraction of sp³-hybridized carbons (Fsp3) is 0.727. The third kappa shape index (κ3) is 7.37. The molecule has 0 aromatic heterocycles. The maximum atomic E-state index is 11.4. The lowest BCUT2D eigenvalue weighted by molar-refractivity contribution is -0.137. The number of carboxylic acids is 1. The van der Waals surface area contributed by atoms with Crippen LogP contribution in [0.4, 0.5) is 0 Å². The molecular weight excluding hydrogens is 254 g/mol. The molecule has 0 aromatic carbocycles. The van der Waals surface area contributed by atoms with Gasteiger partial charge in [0.2, 0.25) is 11.8 Å². The third-order valence-corrected chi connectivity index (χ3v) is 2.62. The number of hydrogen-bond acceptors (Lipinski definition) is 5. The second kappa shape index (κ2) is 8.44. The van der Waals surface area contributed by atoms with Crippen molar-refractivity contribution >= 4 is 17.8 Å². The summed E-state index contributed by atoms with van der Waals surface area (Å²) < 4.78 is 5.40. The van der Waals surface area contributed by atoms with Crippen LogP contribution < -0.4 is 16.0 Å². The number of aliphatic carboxylic acids is 1. The summed E-state index contributed by atoms with van der Waals surface area (Å²) in [4.78, 5) is 32.7. The molecule has 0 aromatic rings. The van der Waals surface area contributed by atoms with E-state index in [1.54, 1.807) is 0 Å². The molecule has 1 fully saturated rings. The van der Waals surface area contributed by atoms with Gasteiger partial charge in [-0.05, 0) is 25.9 Å². The minimum absolute atomic E-state index is 0.0767. The van der Waals surface area contributed by atoms with Crippen molar-refractivity contribution in [1.82, 2.24) is 16.0 Å². The number of nitrogens with one attached hydrogen (secondary N) is 3. The number of piperidine rings is 1. The SMILES string of the molecule is O=C(O)CNC(=O)CNC(=O)COC1CCNCC1. The van der Waals surface area contributed by atoms with Gasteiger partial charge in [-0.1, -0.05) is 0 Å². The maximum Gasteiger partial charge on any atom is 0.322 e. The number of carboxylic acid groups (broad SMARTS) is 1. The van der Waals surface area contributed by atoms with E-state index in [4.69, 9.17) is 9.84 Å². The van der Waals surface area contributed by atoms with Crippen molar-refractivity contribution < 1.29 is 24.2 Å². The van der Waals surface area contributed by atoms with E-state index in [1.807, 2.05) is 0 Å². The van der Waals surface area contributed by atoms with E-state index in [-0.39, 0.29) is 25.2 Å². The van der Waals surface area contributed by atoms with Crippen molar-refractivity contribution in [2.45, 2.75) is 18.9 Å².